The molecule has 24 heavy (non-hydrogen) atoms. The summed E-state index contributed by atoms with van der Waals surface area (Å²) in [6.45, 7) is 2.65. The van der Waals surface area contributed by atoms with Gasteiger partial charge in [-0.15, -0.1) is 0 Å². The Bertz CT molecular complexity index is 692. The molecule has 1 aromatic heterocycles. The first-order valence-electron chi connectivity index (χ1n) is 7.81. The van der Waals surface area contributed by atoms with Crippen molar-refractivity contribution in [2.45, 2.75) is 24.3 Å². The van der Waals surface area contributed by atoms with Crippen molar-refractivity contribution in [3.63, 3.8) is 0 Å². The van der Waals surface area contributed by atoms with E-state index in [-0.39, 0.29) is 17.6 Å². The van der Waals surface area contributed by atoms with Crippen molar-refractivity contribution in [1.29, 1.82) is 0 Å². The Hall–Kier alpha value is -2.34. The van der Waals surface area contributed by atoms with Crippen LogP contribution < -0.4 is 11.1 Å². The molecule has 0 saturated carbocycles. The number of carbonyl (C=O) groups excluding carboxylic acids is 2. The number of hydrogen-bond acceptors (Lipinski definition) is 4. The van der Waals surface area contributed by atoms with Crippen LogP contribution in [-0.4, -0.2) is 29.1 Å². The highest BCUT2D eigenvalue weighted by molar-refractivity contribution is 8.00. The average molecular weight is 343 g/mol. The van der Waals surface area contributed by atoms with Gasteiger partial charge in [0.15, 0.2) is 0 Å². The molecule has 126 valence electrons. The van der Waals surface area contributed by atoms with Crippen molar-refractivity contribution in [2.24, 2.45) is 5.73 Å². The molecular weight excluding hydrogens is 322 g/mol. The van der Waals surface area contributed by atoms with Crippen LogP contribution in [0, 0.1) is 0 Å². The van der Waals surface area contributed by atoms with Crippen LogP contribution in [0.5, 0.6) is 0 Å². The molecule has 0 aliphatic carbocycles. The Labute approximate surface area is 146 Å². The Kier molecular flexibility index (Phi) is 6.81. The second kappa shape index (κ2) is 9.08. The first kappa shape index (κ1) is 18.0. The van der Waals surface area contributed by atoms with E-state index in [0.29, 0.717) is 17.1 Å². The summed E-state index contributed by atoms with van der Waals surface area (Å²) in [4.78, 5) is 27.6. The van der Waals surface area contributed by atoms with E-state index in [1.54, 1.807) is 18.3 Å². The first-order valence-corrected chi connectivity index (χ1v) is 8.79. The van der Waals surface area contributed by atoms with Gasteiger partial charge in [-0.1, -0.05) is 49.0 Å². The van der Waals surface area contributed by atoms with Crippen molar-refractivity contribution in [1.82, 2.24) is 10.3 Å². The van der Waals surface area contributed by atoms with Gasteiger partial charge in [0.1, 0.15) is 5.03 Å². The number of aromatic nitrogens is 1. The highest BCUT2D eigenvalue weighted by Gasteiger charge is 2.15. The van der Waals surface area contributed by atoms with Gasteiger partial charge < -0.3 is 11.1 Å². The zero-order valence-electron chi connectivity index (χ0n) is 13.6. The molecule has 1 atom stereocenters. The molecule has 1 heterocycles. The van der Waals surface area contributed by atoms with Crippen LogP contribution in [0.1, 0.15) is 35.2 Å². The summed E-state index contributed by atoms with van der Waals surface area (Å²) in [5, 5.41) is 3.48. The van der Waals surface area contributed by atoms with Crippen LogP contribution in [-0.2, 0) is 4.79 Å². The molecule has 5 nitrogen and oxygen atoms in total. The van der Waals surface area contributed by atoms with E-state index in [1.807, 2.05) is 18.2 Å². The van der Waals surface area contributed by atoms with Crippen molar-refractivity contribution in [2.75, 3.05) is 12.3 Å². The second-order valence-electron chi connectivity index (χ2n) is 5.34. The zero-order valence-corrected chi connectivity index (χ0v) is 14.4. The Balaban J connectivity index is 2.03. The van der Waals surface area contributed by atoms with E-state index in [9.17, 15) is 9.59 Å². The normalized spacial score (nSPS) is 11.7. The minimum atomic E-state index is -0.438. The number of rotatable bonds is 8. The molecule has 6 heteroatoms. The van der Waals surface area contributed by atoms with E-state index < -0.39 is 5.91 Å². The highest BCUT2D eigenvalue weighted by Crippen LogP contribution is 2.21. The largest absolute Gasteiger partial charge is 0.369 e. The van der Waals surface area contributed by atoms with Gasteiger partial charge in [0.25, 0.3) is 5.91 Å². The molecule has 0 fully saturated rings. The topological polar surface area (TPSA) is 85.1 Å². The van der Waals surface area contributed by atoms with Gasteiger partial charge in [0.2, 0.25) is 5.91 Å². The van der Waals surface area contributed by atoms with Gasteiger partial charge in [-0.3, -0.25) is 9.59 Å². The summed E-state index contributed by atoms with van der Waals surface area (Å²) in [7, 11) is 0. The minimum absolute atomic E-state index is 0.0961. The Morgan fingerprint density at radius 2 is 1.96 bits per heavy atom. The summed E-state index contributed by atoms with van der Waals surface area (Å²) < 4.78 is 0. The number of pyridine rings is 1. The third-order valence-electron chi connectivity index (χ3n) is 3.64. The number of benzene rings is 1. The van der Waals surface area contributed by atoms with Crippen molar-refractivity contribution in [3.8, 4) is 0 Å². The van der Waals surface area contributed by atoms with Crippen molar-refractivity contribution in [3.05, 3.63) is 59.8 Å². The number of carbonyl (C=O) groups is 2. The lowest BCUT2D eigenvalue weighted by Gasteiger charge is -2.16. The standard InChI is InChI=1S/C18H21N3O2S/c1-2-13(14-7-4-3-5-8-14)11-21-17(23)15-9-6-10-20-18(15)24-12-16(19)22/h3-10,13H,2,11-12H2,1H3,(H2,19,22)(H,21,23)/t13-/m0/s1. The zero-order chi connectivity index (χ0) is 17.4. The van der Waals surface area contributed by atoms with E-state index in [1.165, 1.54) is 17.3 Å². The van der Waals surface area contributed by atoms with Gasteiger partial charge in [-0.05, 0) is 24.1 Å². The summed E-state index contributed by atoms with van der Waals surface area (Å²) in [5.41, 5.74) is 6.83. The number of primary amides is 1. The quantitative estimate of drug-likeness (QED) is 0.722. The maximum Gasteiger partial charge on any atom is 0.254 e. The molecule has 3 N–H and O–H groups in total. The molecule has 1 aromatic carbocycles. The molecule has 0 bridgehead atoms. The monoisotopic (exact) mass is 343 g/mol. The molecule has 0 aliphatic rings. The lowest BCUT2D eigenvalue weighted by Crippen LogP contribution is -2.29. The van der Waals surface area contributed by atoms with E-state index >= 15 is 0 Å². The molecule has 0 unspecified atom stereocenters. The van der Waals surface area contributed by atoms with E-state index in [4.69, 9.17) is 5.73 Å². The molecule has 0 radical (unpaired) electrons. The van der Waals surface area contributed by atoms with Crippen molar-refractivity contribution < 1.29 is 9.59 Å². The summed E-state index contributed by atoms with van der Waals surface area (Å²) in [5.74, 6) is -0.274. The predicted octanol–water partition coefficient (Wildman–Crippen LogP) is 2.58. The first-order chi connectivity index (χ1) is 11.6. The van der Waals surface area contributed by atoms with Crippen LogP contribution in [0.2, 0.25) is 0 Å². The molecular formula is C18H21N3O2S. The maximum absolute atomic E-state index is 12.5. The van der Waals surface area contributed by atoms with Crippen LogP contribution in [0.15, 0.2) is 53.7 Å². The fourth-order valence-corrected chi connectivity index (χ4v) is 3.08. The highest BCUT2D eigenvalue weighted by atomic mass is 32.2. The third-order valence-corrected chi connectivity index (χ3v) is 4.67. The van der Waals surface area contributed by atoms with E-state index in [2.05, 4.69) is 29.4 Å². The second-order valence-corrected chi connectivity index (χ2v) is 6.30. The molecule has 0 saturated heterocycles. The SMILES string of the molecule is CC[C@@H](CNC(=O)c1cccnc1SCC(N)=O)c1ccccc1. The fourth-order valence-electron chi connectivity index (χ4n) is 2.35. The molecule has 2 aromatic rings. The van der Waals surface area contributed by atoms with Gasteiger partial charge in [0.05, 0.1) is 11.3 Å². The van der Waals surface area contributed by atoms with Crippen molar-refractivity contribution >= 4 is 23.6 Å². The fraction of sp³-hybridized carbons (Fsp3) is 0.278. The number of nitrogens with one attached hydrogen (secondary N) is 1. The lowest BCUT2D eigenvalue weighted by atomic mass is 9.96. The lowest BCUT2D eigenvalue weighted by molar-refractivity contribution is -0.115. The smallest absolute Gasteiger partial charge is 0.254 e. The summed E-state index contributed by atoms with van der Waals surface area (Å²) in [6.07, 6.45) is 2.53. The van der Waals surface area contributed by atoms with Gasteiger partial charge in [0, 0.05) is 18.7 Å². The van der Waals surface area contributed by atoms with Crippen LogP contribution in [0.3, 0.4) is 0 Å². The maximum atomic E-state index is 12.5. The van der Waals surface area contributed by atoms with Gasteiger partial charge >= 0.3 is 0 Å². The van der Waals surface area contributed by atoms with Gasteiger partial charge in [-0.25, -0.2) is 4.98 Å². The molecule has 2 rings (SSSR count). The number of nitrogens with two attached hydrogens (primary N) is 1. The number of nitrogens with zero attached hydrogens (tertiary/aromatic N) is 1. The number of hydrogen-bond donors (Lipinski definition) is 2. The van der Waals surface area contributed by atoms with Crippen LogP contribution in [0.4, 0.5) is 0 Å². The molecule has 0 aliphatic heterocycles. The van der Waals surface area contributed by atoms with Crippen LogP contribution >= 0.6 is 11.8 Å². The number of thioether (sulfide) groups is 1. The minimum Gasteiger partial charge on any atom is -0.369 e. The number of amides is 2. The predicted molar refractivity (Wildman–Crippen MR) is 96.0 cm³/mol. The van der Waals surface area contributed by atoms with E-state index in [0.717, 1.165) is 6.42 Å². The van der Waals surface area contributed by atoms with Crippen LogP contribution in [0.25, 0.3) is 0 Å². The molecule has 0 spiro atoms. The summed E-state index contributed by atoms with van der Waals surface area (Å²) >= 11 is 1.17. The Morgan fingerprint density at radius 1 is 1.21 bits per heavy atom. The van der Waals surface area contributed by atoms with Gasteiger partial charge in [-0.2, -0.15) is 0 Å². The molecule has 2 amide bonds. The Morgan fingerprint density at radius 3 is 2.62 bits per heavy atom. The third kappa shape index (κ3) is 5.09. The average Bonchev–Trinajstić information content (AvgIpc) is 2.61. The summed E-state index contributed by atoms with van der Waals surface area (Å²) in [6, 6.07) is 13.5.